The Morgan fingerprint density at radius 1 is 1.50 bits per heavy atom. The van der Waals surface area contributed by atoms with E-state index in [2.05, 4.69) is 17.0 Å². The van der Waals surface area contributed by atoms with Crippen molar-refractivity contribution < 1.29 is 13.2 Å². The van der Waals surface area contributed by atoms with Gasteiger partial charge in [0.2, 0.25) is 10.0 Å². The molecule has 1 saturated heterocycles. The second-order valence-corrected chi connectivity index (χ2v) is 7.94. The molecular weight excluding hydrogens is 296 g/mol. The van der Waals surface area contributed by atoms with Crippen molar-refractivity contribution in [1.82, 2.24) is 10.0 Å². The number of sulfonamides is 1. The SMILES string of the molecule is CCCNCc1csc(S(=O)(=O)NCC2CCOC2)c1. The fourth-order valence-electron chi connectivity index (χ4n) is 2.04. The van der Waals surface area contributed by atoms with Gasteiger partial charge in [0.15, 0.2) is 0 Å². The Kier molecular flexibility index (Phi) is 5.98. The largest absolute Gasteiger partial charge is 0.381 e. The minimum absolute atomic E-state index is 0.301. The zero-order chi connectivity index (χ0) is 14.4. The molecule has 0 bridgehead atoms. The topological polar surface area (TPSA) is 67.4 Å². The maximum Gasteiger partial charge on any atom is 0.250 e. The summed E-state index contributed by atoms with van der Waals surface area (Å²) in [5, 5.41) is 5.17. The van der Waals surface area contributed by atoms with E-state index in [0.717, 1.165) is 38.1 Å². The summed E-state index contributed by atoms with van der Waals surface area (Å²) in [6, 6.07) is 1.75. The van der Waals surface area contributed by atoms with Crippen LogP contribution in [0.5, 0.6) is 0 Å². The molecule has 0 spiro atoms. The van der Waals surface area contributed by atoms with Crippen LogP contribution in [-0.2, 0) is 21.3 Å². The summed E-state index contributed by atoms with van der Waals surface area (Å²) in [6.45, 7) is 5.61. The molecule has 1 aromatic rings. The molecule has 1 unspecified atom stereocenters. The highest BCUT2D eigenvalue weighted by Crippen LogP contribution is 2.21. The molecule has 2 heterocycles. The van der Waals surface area contributed by atoms with Crippen LogP contribution in [0.1, 0.15) is 25.3 Å². The summed E-state index contributed by atoms with van der Waals surface area (Å²) in [7, 11) is -3.37. The lowest BCUT2D eigenvalue weighted by Crippen LogP contribution is -2.29. The van der Waals surface area contributed by atoms with Gasteiger partial charge in [-0.05, 0) is 42.3 Å². The fraction of sp³-hybridized carbons (Fsp3) is 0.692. The third-order valence-corrected chi connectivity index (χ3v) is 6.15. The van der Waals surface area contributed by atoms with Crippen molar-refractivity contribution in [3.8, 4) is 0 Å². The van der Waals surface area contributed by atoms with Crippen molar-refractivity contribution in [2.75, 3.05) is 26.3 Å². The minimum atomic E-state index is -3.37. The van der Waals surface area contributed by atoms with Crippen molar-refractivity contribution in [1.29, 1.82) is 0 Å². The van der Waals surface area contributed by atoms with Gasteiger partial charge in [-0.25, -0.2) is 13.1 Å². The smallest absolute Gasteiger partial charge is 0.250 e. The second-order valence-electron chi connectivity index (χ2n) is 5.03. The third-order valence-electron chi connectivity index (χ3n) is 3.24. The molecule has 0 radical (unpaired) electrons. The zero-order valence-corrected chi connectivity index (χ0v) is 13.4. The van der Waals surface area contributed by atoms with E-state index in [1.807, 2.05) is 5.38 Å². The Morgan fingerprint density at radius 2 is 2.35 bits per heavy atom. The lowest BCUT2D eigenvalue weighted by atomic mass is 10.1. The molecule has 1 aromatic heterocycles. The Balaban J connectivity index is 1.88. The summed E-state index contributed by atoms with van der Waals surface area (Å²) in [6.07, 6.45) is 2.00. The van der Waals surface area contributed by atoms with E-state index >= 15 is 0 Å². The summed E-state index contributed by atoms with van der Waals surface area (Å²) >= 11 is 1.28. The first kappa shape index (κ1) is 15.9. The number of thiophene rings is 1. The molecular formula is C13H22N2O3S2. The predicted octanol–water partition coefficient (Wildman–Crippen LogP) is 1.56. The molecule has 1 aliphatic heterocycles. The van der Waals surface area contributed by atoms with E-state index in [1.54, 1.807) is 6.07 Å². The third kappa shape index (κ3) is 4.53. The van der Waals surface area contributed by atoms with Gasteiger partial charge in [0.25, 0.3) is 0 Å². The standard InChI is InChI=1S/C13H22N2O3S2/c1-2-4-14-7-12-6-13(19-10-12)20(16,17)15-8-11-3-5-18-9-11/h6,10-11,14-15H,2-5,7-9H2,1H3. The fourth-order valence-corrected chi connectivity index (χ4v) is 4.41. The van der Waals surface area contributed by atoms with Crippen LogP contribution < -0.4 is 10.0 Å². The van der Waals surface area contributed by atoms with Crippen molar-refractivity contribution in [3.63, 3.8) is 0 Å². The maximum absolute atomic E-state index is 12.2. The zero-order valence-electron chi connectivity index (χ0n) is 11.7. The van der Waals surface area contributed by atoms with Crippen LogP contribution in [0.2, 0.25) is 0 Å². The number of hydrogen-bond donors (Lipinski definition) is 2. The maximum atomic E-state index is 12.2. The van der Waals surface area contributed by atoms with Gasteiger partial charge >= 0.3 is 0 Å². The van der Waals surface area contributed by atoms with Gasteiger partial charge in [0.05, 0.1) is 6.61 Å². The predicted molar refractivity (Wildman–Crippen MR) is 80.4 cm³/mol. The van der Waals surface area contributed by atoms with E-state index in [9.17, 15) is 8.42 Å². The van der Waals surface area contributed by atoms with E-state index in [4.69, 9.17) is 4.74 Å². The van der Waals surface area contributed by atoms with E-state index in [0.29, 0.717) is 23.3 Å². The highest BCUT2D eigenvalue weighted by Gasteiger charge is 2.21. The normalized spacial score (nSPS) is 19.6. The number of ether oxygens (including phenoxy) is 1. The van der Waals surface area contributed by atoms with Crippen LogP contribution in [0.15, 0.2) is 15.7 Å². The van der Waals surface area contributed by atoms with Crippen LogP contribution in [0.25, 0.3) is 0 Å². The summed E-state index contributed by atoms with van der Waals surface area (Å²) in [5.41, 5.74) is 1.02. The molecule has 0 aliphatic carbocycles. The molecule has 7 heteroatoms. The van der Waals surface area contributed by atoms with Crippen molar-refractivity contribution in [2.45, 2.75) is 30.5 Å². The van der Waals surface area contributed by atoms with Crippen molar-refractivity contribution in [2.24, 2.45) is 5.92 Å². The van der Waals surface area contributed by atoms with Gasteiger partial charge in [-0.2, -0.15) is 0 Å². The molecule has 1 fully saturated rings. The first-order chi connectivity index (χ1) is 9.62. The molecule has 0 aromatic carbocycles. The molecule has 2 rings (SSSR count). The first-order valence-corrected chi connectivity index (χ1v) is 9.33. The monoisotopic (exact) mass is 318 g/mol. The average molecular weight is 318 g/mol. The van der Waals surface area contributed by atoms with E-state index < -0.39 is 10.0 Å². The first-order valence-electron chi connectivity index (χ1n) is 6.97. The van der Waals surface area contributed by atoms with Crippen molar-refractivity contribution >= 4 is 21.4 Å². The van der Waals surface area contributed by atoms with E-state index in [1.165, 1.54) is 11.3 Å². The van der Waals surface area contributed by atoms with Crippen LogP contribution in [0, 0.1) is 5.92 Å². The van der Waals surface area contributed by atoms with Gasteiger partial charge in [-0.15, -0.1) is 11.3 Å². The quantitative estimate of drug-likeness (QED) is 0.714. The van der Waals surface area contributed by atoms with Gasteiger partial charge < -0.3 is 10.1 Å². The lowest BCUT2D eigenvalue weighted by Gasteiger charge is -2.08. The second kappa shape index (κ2) is 7.51. The van der Waals surface area contributed by atoms with Crippen LogP contribution in [0.4, 0.5) is 0 Å². The van der Waals surface area contributed by atoms with Crippen LogP contribution >= 0.6 is 11.3 Å². The molecule has 2 N–H and O–H groups in total. The Morgan fingerprint density at radius 3 is 3.05 bits per heavy atom. The van der Waals surface area contributed by atoms with Crippen LogP contribution in [0.3, 0.4) is 0 Å². The van der Waals surface area contributed by atoms with Crippen LogP contribution in [-0.4, -0.2) is 34.7 Å². The highest BCUT2D eigenvalue weighted by molar-refractivity contribution is 7.91. The number of nitrogens with one attached hydrogen (secondary N) is 2. The average Bonchev–Trinajstić information content (AvgIpc) is 3.08. The molecule has 1 aliphatic rings. The van der Waals surface area contributed by atoms with Gasteiger partial charge in [-0.1, -0.05) is 6.92 Å². The number of rotatable bonds is 8. The van der Waals surface area contributed by atoms with E-state index in [-0.39, 0.29) is 0 Å². The molecule has 0 saturated carbocycles. The van der Waals surface area contributed by atoms with Gasteiger partial charge in [-0.3, -0.25) is 0 Å². The lowest BCUT2D eigenvalue weighted by molar-refractivity contribution is 0.186. The molecule has 0 amide bonds. The molecule has 5 nitrogen and oxygen atoms in total. The Labute approximate surface area is 124 Å². The van der Waals surface area contributed by atoms with Crippen molar-refractivity contribution in [3.05, 3.63) is 17.0 Å². The summed E-state index contributed by atoms with van der Waals surface area (Å²) < 4.78 is 32.7. The minimum Gasteiger partial charge on any atom is -0.381 e. The molecule has 114 valence electrons. The molecule has 1 atom stereocenters. The Hall–Kier alpha value is -0.470. The van der Waals surface area contributed by atoms with Gasteiger partial charge in [0.1, 0.15) is 4.21 Å². The Bertz CT molecular complexity index is 507. The summed E-state index contributed by atoms with van der Waals surface area (Å²) in [5.74, 6) is 0.301. The number of hydrogen-bond acceptors (Lipinski definition) is 5. The highest BCUT2D eigenvalue weighted by atomic mass is 32.2. The van der Waals surface area contributed by atoms with Gasteiger partial charge in [0, 0.05) is 19.7 Å². The molecule has 20 heavy (non-hydrogen) atoms. The summed E-state index contributed by atoms with van der Waals surface area (Å²) in [4.78, 5) is 0.